The van der Waals surface area contributed by atoms with E-state index in [0.717, 1.165) is 24.4 Å². The molecule has 4 heteroatoms. The van der Waals surface area contributed by atoms with Crippen LogP contribution >= 0.6 is 0 Å². The smallest absolute Gasteiger partial charge is 0.198 e. The van der Waals surface area contributed by atoms with Gasteiger partial charge in [0.1, 0.15) is 11.5 Å². The summed E-state index contributed by atoms with van der Waals surface area (Å²) in [5, 5.41) is 0. The number of benzene rings is 2. The molecule has 222 valence electrons. The molecular weight excluding hydrogens is 518 g/mol. The van der Waals surface area contributed by atoms with Gasteiger partial charge in [0.15, 0.2) is 11.6 Å². The van der Waals surface area contributed by atoms with Crippen LogP contribution in [-0.2, 0) is 4.74 Å². The lowest BCUT2D eigenvalue weighted by Gasteiger charge is -2.27. The Bertz CT molecular complexity index is 1330. The van der Waals surface area contributed by atoms with Crippen LogP contribution in [0.5, 0.6) is 0 Å². The van der Waals surface area contributed by atoms with E-state index in [4.69, 9.17) is 4.74 Å². The minimum Gasteiger partial charge on any atom is -0.461 e. The van der Waals surface area contributed by atoms with Gasteiger partial charge in [-0.05, 0) is 54.3 Å². The third kappa shape index (κ3) is 7.79. The number of allylic oxidation sites excluding steroid dienone is 6. The van der Waals surface area contributed by atoms with Crippen LogP contribution in [0, 0.1) is 5.41 Å². The van der Waals surface area contributed by atoms with Crippen molar-refractivity contribution in [2.24, 2.45) is 5.41 Å². The molecule has 1 aliphatic carbocycles. The summed E-state index contributed by atoms with van der Waals surface area (Å²) in [6, 6.07) is 15.8. The zero-order chi connectivity index (χ0) is 30.1. The Kier molecular flexibility index (Phi) is 10.8. The Hall–Kier alpha value is -3.66. The fourth-order valence-electron chi connectivity index (χ4n) is 5.44. The van der Waals surface area contributed by atoms with Crippen molar-refractivity contribution in [3.05, 3.63) is 106 Å². The summed E-state index contributed by atoms with van der Waals surface area (Å²) >= 11 is 0. The summed E-state index contributed by atoms with van der Waals surface area (Å²) in [5.74, 6) is 0.891. The van der Waals surface area contributed by atoms with Crippen molar-refractivity contribution in [3.8, 4) is 0 Å². The molecule has 0 radical (unpaired) electrons. The van der Waals surface area contributed by atoms with Gasteiger partial charge in [-0.15, -0.1) is 0 Å². The van der Waals surface area contributed by atoms with E-state index in [2.05, 4.69) is 63.8 Å². The molecule has 2 aliphatic rings. The maximum Gasteiger partial charge on any atom is 0.198 e. The second-order valence-corrected chi connectivity index (χ2v) is 12.5. The number of unbranched alkanes of at least 4 members (excludes halogenated alkanes) is 6. The van der Waals surface area contributed by atoms with Crippen molar-refractivity contribution in [1.29, 1.82) is 0 Å². The SMILES string of the molecule is CCCCCCN(CCCCCC)c1ccc(/C=C/C2=CC(=C3C(=O)c4ccccc4C3=O)C=C(C(C)(C)C)O2)cc1. The number of nitrogens with zero attached hydrogens (tertiary/aromatic N) is 1. The fourth-order valence-corrected chi connectivity index (χ4v) is 5.44. The Morgan fingerprint density at radius 2 is 1.29 bits per heavy atom. The van der Waals surface area contributed by atoms with Gasteiger partial charge >= 0.3 is 0 Å². The molecule has 0 fully saturated rings. The zero-order valence-corrected chi connectivity index (χ0v) is 26.2. The van der Waals surface area contributed by atoms with Gasteiger partial charge in [-0.3, -0.25) is 9.59 Å². The van der Waals surface area contributed by atoms with Crippen LogP contribution in [-0.4, -0.2) is 24.7 Å². The van der Waals surface area contributed by atoms with Gasteiger partial charge in [-0.1, -0.05) is 116 Å². The minimum atomic E-state index is -0.296. The predicted octanol–water partition coefficient (Wildman–Crippen LogP) is 9.89. The van der Waals surface area contributed by atoms with E-state index in [0.29, 0.717) is 22.5 Å². The lowest BCUT2D eigenvalue weighted by atomic mass is 9.89. The Balaban J connectivity index is 1.55. The van der Waals surface area contributed by atoms with Gasteiger partial charge in [-0.2, -0.15) is 0 Å². The second-order valence-electron chi connectivity index (χ2n) is 12.5. The standard InChI is InChI=1S/C38H47NO3/c1-6-8-10-14-24-39(25-15-11-9-7-2)30-21-18-28(19-22-30)20-23-31-26-29(27-34(42-31)38(3,4)5)35-36(40)32-16-12-13-17-33(32)37(35)41/h12-13,16-23,26-27H,6-11,14-15,24-25H2,1-5H3/b23-20+. The largest absolute Gasteiger partial charge is 0.461 e. The highest BCUT2D eigenvalue weighted by Gasteiger charge is 2.36. The normalized spacial score (nSPS) is 15.2. The number of fused-ring (bicyclic) bond motifs is 1. The molecular formula is C38H47NO3. The molecule has 0 atom stereocenters. The van der Waals surface area contributed by atoms with E-state index >= 15 is 0 Å². The molecule has 0 aromatic heterocycles. The fraction of sp³-hybridized carbons (Fsp3) is 0.421. The van der Waals surface area contributed by atoms with Gasteiger partial charge in [0, 0.05) is 35.3 Å². The first-order chi connectivity index (χ1) is 20.2. The molecule has 2 aromatic rings. The summed E-state index contributed by atoms with van der Waals surface area (Å²) in [5.41, 5.74) is 3.81. The maximum absolute atomic E-state index is 13.2. The van der Waals surface area contributed by atoms with E-state index in [1.54, 1.807) is 24.3 Å². The average Bonchev–Trinajstić information content (AvgIpc) is 3.24. The van der Waals surface area contributed by atoms with Crippen LogP contribution in [0.3, 0.4) is 0 Å². The van der Waals surface area contributed by atoms with Crippen molar-refractivity contribution in [3.63, 3.8) is 0 Å². The van der Waals surface area contributed by atoms with Gasteiger partial charge in [0.25, 0.3) is 0 Å². The highest BCUT2D eigenvalue weighted by atomic mass is 16.5. The van der Waals surface area contributed by atoms with Crippen molar-refractivity contribution < 1.29 is 14.3 Å². The molecule has 42 heavy (non-hydrogen) atoms. The summed E-state index contributed by atoms with van der Waals surface area (Å²) in [6.45, 7) is 12.9. The number of anilines is 1. The molecule has 0 bridgehead atoms. The van der Waals surface area contributed by atoms with E-state index in [-0.39, 0.29) is 22.6 Å². The lowest BCUT2D eigenvalue weighted by Crippen LogP contribution is -2.25. The highest BCUT2D eigenvalue weighted by molar-refractivity contribution is 6.40. The van der Waals surface area contributed by atoms with Gasteiger partial charge in [-0.25, -0.2) is 0 Å². The first-order valence-electron chi connectivity index (χ1n) is 15.8. The Morgan fingerprint density at radius 3 is 1.81 bits per heavy atom. The Labute approximate surface area is 252 Å². The first-order valence-corrected chi connectivity index (χ1v) is 15.8. The number of carbonyl (C=O) groups excluding carboxylic acids is 2. The van der Waals surface area contributed by atoms with Crippen LogP contribution < -0.4 is 4.90 Å². The molecule has 0 amide bonds. The van der Waals surface area contributed by atoms with Crippen molar-refractivity contribution in [2.75, 3.05) is 18.0 Å². The van der Waals surface area contributed by atoms with E-state index in [1.165, 1.54) is 57.1 Å². The molecule has 4 nitrogen and oxygen atoms in total. The van der Waals surface area contributed by atoms with E-state index in [1.807, 2.05) is 24.3 Å². The van der Waals surface area contributed by atoms with Crippen molar-refractivity contribution in [2.45, 2.75) is 86.0 Å². The zero-order valence-electron chi connectivity index (χ0n) is 26.2. The summed E-state index contributed by atoms with van der Waals surface area (Å²) in [6.07, 6.45) is 17.7. The molecule has 0 saturated heterocycles. The lowest BCUT2D eigenvalue weighted by molar-refractivity contribution is 0.0987. The molecule has 4 rings (SSSR count). The Morgan fingerprint density at radius 1 is 0.714 bits per heavy atom. The number of ether oxygens (including phenoxy) is 1. The van der Waals surface area contributed by atoms with Gasteiger partial charge < -0.3 is 9.64 Å². The minimum absolute atomic E-state index is 0.217. The van der Waals surface area contributed by atoms with Crippen LogP contribution in [0.25, 0.3) is 6.08 Å². The van der Waals surface area contributed by atoms with Crippen LogP contribution in [0.2, 0.25) is 0 Å². The third-order valence-electron chi connectivity index (χ3n) is 7.97. The number of Topliss-reactive ketones (excluding diaryl/α,β-unsaturated/α-hetero) is 2. The number of rotatable bonds is 13. The third-order valence-corrected chi connectivity index (χ3v) is 7.97. The average molecular weight is 566 g/mol. The quantitative estimate of drug-likeness (QED) is 0.138. The van der Waals surface area contributed by atoms with Crippen LogP contribution in [0.1, 0.15) is 112 Å². The van der Waals surface area contributed by atoms with E-state index < -0.39 is 0 Å². The van der Waals surface area contributed by atoms with Crippen molar-refractivity contribution >= 4 is 23.3 Å². The molecule has 2 aromatic carbocycles. The van der Waals surface area contributed by atoms with Crippen LogP contribution in [0.4, 0.5) is 5.69 Å². The maximum atomic E-state index is 13.2. The van der Waals surface area contributed by atoms with Crippen LogP contribution in [0.15, 0.2) is 89.4 Å². The molecule has 0 unspecified atom stereocenters. The van der Waals surface area contributed by atoms with E-state index in [9.17, 15) is 9.59 Å². The predicted molar refractivity (Wildman–Crippen MR) is 175 cm³/mol. The summed E-state index contributed by atoms with van der Waals surface area (Å²) in [4.78, 5) is 29.0. The molecule has 0 spiro atoms. The number of carbonyl (C=O) groups is 2. The monoisotopic (exact) mass is 565 g/mol. The number of hydrogen-bond donors (Lipinski definition) is 0. The molecule has 0 saturated carbocycles. The number of ketones is 2. The molecule has 1 aliphatic heterocycles. The molecule has 1 heterocycles. The summed E-state index contributed by atoms with van der Waals surface area (Å²) in [7, 11) is 0. The van der Waals surface area contributed by atoms with Crippen molar-refractivity contribution in [1.82, 2.24) is 0 Å². The number of hydrogen-bond acceptors (Lipinski definition) is 4. The molecule has 0 N–H and O–H groups in total. The van der Waals surface area contributed by atoms with Gasteiger partial charge in [0.2, 0.25) is 0 Å². The first kappa shape index (κ1) is 31.3. The highest BCUT2D eigenvalue weighted by Crippen LogP contribution is 2.37. The second kappa shape index (κ2) is 14.5. The van der Waals surface area contributed by atoms with Gasteiger partial charge in [0.05, 0.1) is 5.57 Å². The topological polar surface area (TPSA) is 46.6 Å². The summed E-state index contributed by atoms with van der Waals surface area (Å²) < 4.78 is 6.27.